The van der Waals surface area contributed by atoms with Crippen LogP contribution in [0.1, 0.15) is 56.8 Å². The molecule has 1 saturated heterocycles. The lowest BCUT2D eigenvalue weighted by Gasteiger charge is -2.25. The lowest BCUT2D eigenvalue weighted by atomic mass is 10.1. The standard InChI is InChI=1S/C18H26N2O/c1-13(2)6-5-11-20-16(15-8-4-7-14(3)12-15)19-18(9-10-18)17(20)21/h4,7-8,12-13,16,19H,5-6,9-11H2,1-3H3. The summed E-state index contributed by atoms with van der Waals surface area (Å²) in [6.45, 7) is 7.45. The first kappa shape index (κ1) is 14.6. The summed E-state index contributed by atoms with van der Waals surface area (Å²) in [4.78, 5) is 14.8. The van der Waals surface area contributed by atoms with E-state index in [0.717, 1.165) is 25.8 Å². The van der Waals surface area contributed by atoms with Crippen LogP contribution in [-0.4, -0.2) is 22.9 Å². The maximum absolute atomic E-state index is 12.7. The monoisotopic (exact) mass is 286 g/mol. The summed E-state index contributed by atoms with van der Waals surface area (Å²) in [5, 5.41) is 3.60. The van der Waals surface area contributed by atoms with Crippen LogP contribution in [0.2, 0.25) is 0 Å². The average molecular weight is 286 g/mol. The first-order valence-corrected chi connectivity index (χ1v) is 8.17. The Kier molecular flexibility index (Phi) is 3.78. The first-order valence-electron chi connectivity index (χ1n) is 8.17. The molecule has 1 amide bonds. The molecule has 1 aliphatic heterocycles. The van der Waals surface area contributed by atoms with Crippen molar-refractivity contribution in [3.63, 3.8) is 0 Å². The summed E-state index contributed by atoms with van der Waals surface area (Å²) in [5.74, 6) is 1.01. The number of rotatable bonds is 5. The van der Waals surface area contributed by atoms with Crippen molar-refractivity contribution in [3.05, 3.63) is 35.4 Å². The van der Waals surface area contributed by atoms with E-state index in [1.54, 1.807) is 0 Å². The highest BCUT2D eigenvalue weighted by Gasteiger charge is 2.59. The van der Waals surface area contributed by atoms with Gasteiger partial charge in [-0.15, -0.1) is 0 Å². The summed E-state index contributed by atoms with van der Waals surface area (Å²) in [7, 11) is 0. The number of nitrogens with one attached hydrogen (secondary N) is 1. The van der Waals surface area contributed by atoms with Crippen LogP contribution in [-0.2, 0) is 4.79 Å². The summed E-state index contributed by atoms with van der Waals surface area (Å²) in [6.07, 6.45) is 4.32. The van der Waals surface area contributed by atoms with Gasteiger partial charge in [-0.1, -0.05) is 43.7 Å². The highest BCUT2D eigenvalue weighted by molar-refractivity contribution is 5.92. The lowest BCUT2D eigenvalue weighted by molar-refractivity contribution is -0.131. The number of nitrogens with zero attached hydrogens (tertiary/aromatic N) is 1. The molecule has 0 bridgehead atoms. The molecule has 0 aromatic heterocycles. The van der Waals surface area contributed by atoms with Gasteiger partial charge in [0, 0.05) is 6.54 Å². The molecule has 0 radical (unpaired) electrons. The molecule has 1 N–H and O–H groups in total. The first-order chi connectivity index (χ1) is 10.0. The number of benzene rings is 1. The summed E-state index contributed by atoms with van der Waals surface area (Å²) in [6, 6.07) is 8.52. The van der Waals surface area contributed by atoms with Gasteiger partial charge in [-0.2, -0.15) is 0 Å². The highest BCUT2D eigenvalue weighted by atomic mass is 16.2. The van der Waals surface area contributed by atoms with Gasteiger partial charge in [0.25, 0.3) is 0 Å². The van der Waals surface area contributed by atoms with Crippen molar-refractivity contribution in [1.82, 2.24) is 10.2 Å². The van der Waals surface area contributed by atoms with E-state index >= 15 is 0 Å². The molecule has 1 heterocycles. The molecular formula is C18H26N2O. The van der Waals surface area contributed by atoms with Crippen molar-refractivity contribution < 1.29 is 4.79 Å². The Morgan fingerprint density at radius 1 is 1.38 bits per heavy atom. The van der Waals surface area contributed by atoms with Crippen LogP contribution in [0.3, 0.4) is 0 Å². The number of carbonyl (C=O) groups is 1. The molecular weight excluding hydrogens is 260 g/mol. The van der Waals surface area contributed by atoms with E-state index in [2.05, 4.69) is 55.3 Å². The Balaban J connectivity index is 1.78. The molecule has 1 unspecified atom stereocenters. The molecule has 1 aromatic rings. The van der Waals surface area contributed by atoms with E-state index in [4.69, 9.17) is 0 Å². The van der Waals surface area contributed by atoms with E-state index in [9.17, 15) is 4.79 Å². The van der Waals surface area contributed by atoms with E-state index in [0.29, 0.717) is 11.8 Å². The fourth-order valence-corrected chi connectivity index (χ4v) is 3.28. The Labute approximate surface area is 127 Å². The second-order valence-corrected chi connectivity index (χ2v) is 7.08. The van der Waals surface area contributed by atoms with Crippen LogP contribution in [0.15, 0.2) is 24.3 Å². The van der Waals surface area contributed by atoms with Gasteiger partial charge in [0.15, 0.2) is 0 Å². The zero-order valence-corrected chi connectivity index (χ0v) is 13.4. The lowest BCUT2D eigenvalue weighted by Crippen LogP contribution is -2.33. The van der Waals surface area contributed by atoms with Gasteiger partial charge in [0.2, 0.25) is 5.91 Å². The smallest absolute Gasteiger partial charge is 0.244 e. The van der Waals surface area contributed by atoms with Crippen LogP contribution in [0.25, 0.3) is 0 Å². The SMILES string of the molecule is Cc1cccc(C2NC3(CC3)C(=O)N2CCCC(C)C)c1. The predicted octanol–water partition coefficient (Wildman–Crippen LogP) is 3.39. The minimum absolute atomic E-state index is 0.0621. The third-order valence-corrected chi connectivity index (χ3v) is 4.68. The number of carbonyl (C=O) groups excluding carboxylic acids is 1. The van der Waals surface area contributed by atoms with E-state index in [-0.39, 0.29) is 11.7 Å². The maximum Gasteiger partial charge on any atom is 0.244 e. The van der Waals surface area contributed by atoms with Crippen LogP contribution in [0, 0.1) is 12.8 Å². The molecule has 3 heteroatoms. The normalized spacial score (nSPS) is 23.3. The minimum Gasteiger partial charge on any atom is -0.321 e. The van der Waals surface area contributed by atoms with Gasteiger partial charge < -0.3 is 4.90 Å². The van der Waals surface area contributed by atoms with Gasteiger partial charge in [-0.05, 0) is 44.1 Å². The Bertz CT molecular complexity index is 534. The second-order valence-electron chi connectivity index (χ2n) is 7.08. The molecule has 1 spiro atoms. The average Bonchev–Trinajstić information content (AvgIpc) is 3.16. The van der Waals surface area contributed by atoms with Gasteiger partial charge in [-0.3, -0.25) is 10.1 Å². The molecule has 114 valence electrons. The minimum atomic E-state index is -0.230. The largest absolute Gasteiger partial charge is 0.321 e. The van der Waals surface area contributed by atoms with Gasteiger partial charge >= 0.3 is 0 Å². The molecule has 2 fully saturated rings. The van der Waals surface area contributed by atoms with Crippen molar-refractivity contribution in [3.8, 4) is 0 Å². The number of amides is 1. The zero-order chi connectivity index (χ0) is 15.0. The van der Waals surface area contributed by atoms with Gasteiger partial charge in [0.1, 0.15) is 11.7 Å². The van der Waals surface area contributed by atoms with Crippen molar-refractivity contribution in [1.29, 1.82) is 0 Å². The van der Waals surface area contributed by atoms with Crippen molar-refractivity contribution >= 4 is 5.91 Å². The Morgan fingerprint density at radius 2 is 2.14 bits per heavy atom. The molecule has 3 rings (SSSR count). The quantitative estimate of drug-likeness (QED) is 0.900. The summed E-state index contributed by atoms with van der Waals surface area (Å²) in [5.41, 5.74) is 2.24. The molecule has 2 aliphatic rings. The van der Waals surface area contributed by atoms with Crippen LogP contribution in [0.4, 0.5) is 0 Å². The number of hydrogen-bond donors (Lipinski definition) is 1. The van der Waals surface area contributed by atoms with Crippen molar-refractivity contribution in [2.24, 2.45) is 5.92 Å². The van der Waals surface area contributed by atoms with Gasteiger partial charge in [-0.25, -0.2) is 0 Å². The van der Waals surface area contributed by atoms with Crippen LogP contribution >= 0.6 is 0 Å². The molecule has 1 atom stereocenters. The van der Waals surface area contributed by atoms with Crippen molar-refractivity contribution in [2.75, 3.05) is 6.54 Å². The van der Waals surface area contributed by atoms with Crippen molar-refractivity contribution in [2.45, 2.75) is 58.2 Å². The van der Waals surface area contributed by atoms with Crippen LogP contribution in [0.5, 0.6) is 0 Å². The molecule has 1 aliphatic carbocycles. The van der Waals surface area contributed by atoms with Crippen LogP contribution < -0.4 is 5.32 Å². The summed E-state index contributed by atoms with van der Waals surface area (Å²) < 4.78 is 0. The van der Waals surface area contributed by atoms with E-state index in [1.165, 1.54) is 17.5 Å². The maximum atomic E-state index is 12.7. The third-order valence-electron chi connectivity index (χ3n) is 4.68. The second kappa shape index (κ2) is 5.45. The fraction of sp³-hybridized carbons (Fsp3) is 0.611. The summed E-state index contributed by atoms with van der Waals surface area (Å²) >= 11 is 0. The molecule has 3 nitrogen and oxygen atoms in total. The molecule has 21 heavy (non-hydrogen) atoms. The van der Waals surface area contributed by atoms with E-state index in [1.807, 2.05) is 0 Å². The van der Waals surface area contributed by atoms with E-state index < -0.39 is 0 Å². The predicted molar refractivity (Wildman–Crippen MR) is 84.8 cm³/mol. The van der Waals surface area contributed by atoms with Gasteiger partial charge in [0.05, 0.1) is 0 Å². The molecule has 1 aromatic carbocycles. The highest BCUT2D eigenvalue weighted by Crippen LogP contribution is 2.46. The number of aryl methyl sites for hydroxylation is 1. The fourth-order valence-electron chi connectivity index (χ4n) is 3.28. The Morgan fingerprint density at radius 3 is 2.76 bits per heavy atom. The number of hydrogen-bond acceptors (Lipinski definition) is 2. The third kappa shape index (κ3) is 2.84. The molecule has 1 saturated carbocycles. The topological polar surface area (TPSA) is 32.3 Å². The zero-order valence-electron chi connectivity index (χ0n) is 13.4. The Hall–Kier alpha value is -1.35.